The third-order valence-electron chi connectivity index (χ3n) is 2.95. The molecule has 1 heterocycles. The highest BCUT2D eigenvalue weighted by Crippen LogP contribution is 2.31. The van der Waals surface area contributed by atoms with E-state index in [1.807, 2.05) is 0 Å². The lowest BCUT2D eigenvalue weighted by Crippen LogP contribution is -2.53. The summed E-state index contributed by atoms with van der Waals surface area (Å²) in [5, 5.41) is 3.35. The number of ether oxygens (including phenoxy) is 1. The van der Waals surface area contributed by atoms with Gasteiger partial charge in [-0.05, 0) is 31.6 Å². The zero-order valence-electron chi connectivity index (χ0n) is 8.36. The summed E-state index contributed by atoms with van der Waals surface area (Å²) < 4.78 is 5.32. The molecule has 0 aliphatic carbocycles. The molecule has 0 spiro atoms. The molecule has 1 rings (SSSR count). The first-order chi connectivity index (χ1) is 5.83. The fraction of sp³-hybridized carbons (Fsp3) is 1.00. The van der Waals surface area contributed by atoms with Crippen LogP contribution in [0.1, 0.15) is 33.1 Å². The topological polar surface area (TPSA) is 21.3 Å². The maximum absolute atomic E-state index is 5.32. The van der Waals surface area contributed by atoms with Crippen molar-refractivity contribution in [1.29, 1.82) is 0 Å². The highest BCUT2D eigenvalue weighted by atomic mass is 16.5. The molecule has 0 bridgehead atoms. The monoisotopic (exact) mass is 171 g/mol. The zero-order valence-corrected chi connectivity index (χ0v) is 8.36. The van der Waals surface area contributed by atoms with Crippen LogP contribution >= 0.6 is 0 Å². The summed E-state index contributed by atoms with van der Waals surface area (Å²) in [6, 6.07) is 0. The fourth-order valence-corrected chi connectivity index (χ4v) is 1.78. The van der Waals surface area contributed by atoms with E-state index in [0.29, 0.717) is 5.41 Å². The van der Waals surface area contributed by atoms with Crippen molar-refractivity contribution in [2.45, 2.75) is 33.1 Å². The average molecular weight is 171 g/mol. The number of nitrogens with one attached hydrogen (secondary N) is 1. The van der Waals surface area contributed by atoms with Crippen LogP contribution < -0.4 is 5.32 Å². The molecule has 1 saturated heterocycles. The zero-order chi connectivity index (χ0) is 8.86. The second-order valence-electron chi connectivity index (χ2n) is 3.76. The van der Waals surface area contributed by atoms with Crippen molar-refractivity contribution in [3.63, 3.8) is 0 Å². The molecule has 1 aliphatic heterocycles. The normalized spacial score (nSPS) is 20.5. The second-order valence-corrected chi connectivity index (χ2v) is 3.76. The minimum absolute atomic E-state index is 0.622. The predicted molar refractivity (Wildman–Crippen MR) is 51.3 cm³/mol. The molecule has 0 aromatic rings. The molecule has 2 nitrogen and oxygen atoms in total. The third kappa shape index (κ3) is 2.46. The molecular weight excluding hydrogens is 150 g/mol. The van der Waals surface area contributed by atoms with Crippen LogP contribution in [0.15, 0.2) is 0 Å². The van der Waals surface area contributed by atoms with Gasteiger partial charge in [-0.1, -0.05) is 6.92 Å². The fourth-order valence-electron chi connectivity index (χ4n) is 1.78. The molecule has 0 aromatic heterocycles. The van der Waals surface area contributed by atoms with E-state index in [1.165, 1.54) is 32.4 Å². The maximum Gasteiger partial charge on any atom is 0.0466 e. The summed E-state index contributed by atoms with van der Waals surface area (Å²) in [4.78, 5) is 0. The number of hydrogen-bond acceptors (Lipinski definition) is 2. The van der Waals surface area contributed by atoms with E-state index in [1.54, 1.807) is 0 Å². The van der Waals surface area contributed by atoms with Crippen LogP contribution in [-0.2, 0) is 4.74 Å². The van der Waals surface area contributed by atoms with Gasteiger partial charge in [0.15, 0.2) is 0 Å². The van der Waals surface area contributed by atoms with Crippen LogP contribution in [0.3, 0.4) is 0 Å². The smallest absolute Gasteiger partial charge is 0.0466 e. The van der Waals surface area contributed by atoms with Crippen LogP contribution in [0.5, 0.6) is 0 Å². The van der Waals surface area contributed by atoms with Crippen LogP contribution in [0.2, 0.25) is 0 Å². The van der Waals surface area contributed by atoms with Gasteiger partial charge in [-0.25, -0.2) is 0 Å². The van der Waals surface area contributed by atoms with Crippen molar-refractivity contribution in [2.24, 2.45) is 5.41 Å². The summed E-state index contributed by atoms with van der Waals surface area (Å²) in [5.74, 6) is 0. The first-order valence-electron chi connectivity index (χ1n) is 5.11. The molecular formula is C10H21NO. The molecule has 12 heavy (non-hydrogen) atoms. The molecule has 0 amide bonds. The van der Waals surface area contributed by atoms with Gasteiger partial charge in [-0.2, -0.15) is 0 Å². The van der Waals surface area contributed by atoms with Crippen LogP contribution in [-0.4, -0.2) is 26.3 Å². The van der Waals surface area contributed by atoms with E-state index in [9.17, 15) is 0 Å². The lowest BCUT2D eigenvalue weighted by molar-refractivity contribution is 0.0994. The highest BCUT2D eigenvalue weighted by molar-refractivity contribution is 4.90. The molecule has 2 heteroatoms. The first-order valence-corrected chi connectivity index (χ1v) is 5.11. The van der Waals surface area contributed by atoms with Gasteiger partial charge in [0, 0.05) is 26.3 Å². The van der Waals surface area contributed by atoms with Gasteiger partial charge in [-0.3, -0.25) is 0 Å². The predicted octanol–water partition coefficient (Wildman–Crippen LogP) is 1.80. The standard InChI is InChI=1S/C10H21NO/c1-3-10(8-11-9-10)6-5-7-12-4-2/h11H,3-9H2,1-2H3. The van der Waals surface area contributed by atoms with Gasteiger partial charge >= 0.3 is 0 Å². The lowest BCUT2D eigenvalue weighted by atomic mass is 9.75. The van der Waals surface area contributed by atoms with Gasteiger partial charge in [0.25, 0.3) is 0 Å². The second kappa shape index (κ2) is 4.83. The van der Waals surface area contributed by atoms with Crippen molar-refractivity contribution in [1.82, 2.24) is 5.32 Å². The van der Waals surface area contributed by atoms with Gasteiger partial charge < -0.3 is 10.1 Å². The van der Waals surface area contributed by atoms with Crippen LogP contribution in [0.25, 0.3) is 0 Å². The summed E-state index contributed by atoms with van der Waals surface area (Å²) in [6.07, 6.45) is 3.87. The maximum atomic E-state index is 5.32. The van der Waals surface area contributed by atoms with Crippen molar-refractivity contribution in [3.05, 3.63) is 0 Å². The molecule has 0 atom stereocenters. The Morgan fingerprint density at radius 2 is 2.08 bits per heavy atom. The minimum atomic E-state index is 0.622. The average Bonchev–Trinajstić information content (AvgIpc) is 2.02. The minimum Gasteiger partial charge on any atom is -0.382 e. The van der Waals surface area contributed by atoms with Crippen LogP contribution in [0.4, 0.5) is 0 Å². The highest BCUT2D eigenvalue weighted by Gasteiger charge is 2.33. The van der Waals surface area contributed by atoms with Gasteiger partial charge in [0.05, 0.1) is 0 Å². The molecule has 1 aliphatic rings. The van der Waals surface area contributed by atoms with E-state index in [0.717, 1.165) is 13.2 Å². The summed E-state index contributed by atoms with van der Waals surface area (Å²) in [5.41, 5.74) is 0.622. The SMILES string of the molecule is CCOCCCC1(CC)CNC1. The molecule has 0 unspecified atom stereocenters. The molecule has 0 radical (unpaired) electrons. The summed E-state index contributed by atoms with van der Waals surface area (Å²) >= 11 is 0. The molecule has 0 aromatic carbocycles. The van der Waals surface area contributed by atoms with E-state index < -0.39 is 0 Å². The number of rotatable bonds is 6. The largest absolute Gasteiger partial charge is 0.382 e. The van der Waals surface area contributed by atoms with Gasteiger partial charge in [0.2, 0.25) is 0 Å². The van der Waals surface area contributed by atoms with Crippen molar-refractivity contribution >= 4 is 0 Å². The van der Waals surface area contributed by atoms with E-state index in [4.69, 9.17) is 4.74 Å². The van der Waals surface area contributed by atoms with Crippen molar-refractivity contribution in [3.8, 4) is 0 Å². The Morgan fingerprint density at radius 1 is 1.33 bits per heavy atom. The quantitative estimate of drug-likeness (QED) is 0.615. The Balaban J connectivity index is 2.04. The summed E-state index contributed by atoms with van der Waals surface area (Å²) in [7, 11) is 0. The Morgan fingerprint density at radius 3 is 2.50 bits per heavy atom. The first kappa shape index (κ1) is 10.0. The summed E-state index contributed by atoms with van der Waals surface area (Å²) in [6.45, 7) is 8.59. The number of hydrogen-bond donors (Lipinski definition) is 1. The van der Waals surface area contributed by atoms with Crippen LogP contribution in [0, 0.1) is 5.41 Å². The Labute approximate surface area is 75.7 Å². The molecule has 1 N–H and O–H groups in total. The van der Waals surface area contributed by atoms with E-state index >= 15 is 0 Å². The Bertz CT molecular complexity index is 115. The third-order valence-corrected chi connectivity index (χ3v) is 2.95. The molecule has 1 fully saturated rings. The molecule has 72 valence electrons. The van der Waals surface area contributed by atoms with E-state index in [-0.39, 0.29) is 0 Å². The Hall–Kier alpha value is -0.0800. The van der Waals surface area contributed by atoms with Crippen molar-refractivity contribution in [2.75, 3.05) is 26.3 Å². The van der Waals surface area contributed by atoms with Crippen molar-refractivity contribution < 1.29 is 4.74 Å². The van der Waals surface area contributed by atoms with Gasteiger partial charge in [0.1, 0.15) is 0 Å². The molecule has 0 saturated carbocycles. The Kier molecular flexibility index (Phi) is 4.02. The van der Waals surface area contributed by atoms with Gasteiger partial charge in [-0.15, -0.1) is 0 Å². The van der Waals surface area contributed by atoms with E-state index in [2.05, 4.69) is 19.2 Å². The lowest BCUT2D eigenvalue weighted by Gasteiger charge is -2.42.